The number of hydrogen-bond acceptors (Lipinski definition) is 13. The average molecular weight is 888 g/mol. The van der Waals surface area contributed by atoms with Crippen molar-refractivity contribution in [3.8, 4) is 5.75 Å². The van der Waals surface area contributed by atoms with Crippen LogP contribution in [0, 0.1) is 11.8 Å². The molecule has 0 aliphatic carbocycles. The largest absolute Gasteiger partial charge is 0.497 e. The van der Waals surface area contributed by atoms with Gasteiger partial charge in [0, 0.05) is 54.1 Å². The molecule has 3 aromatic carbocycles. The van der Waals surface area contributed by atoms with Gasteiger partial charge in [-0.15, -0.1) is 5.06 Å². The Morgan fingerprint density at radius 3 is 2.24 bits per heavy atom. The van der Waals surface area contributed by atoms with Crippen LogP contribution in [-0.4, -0.2) is 64.7 Å². The van der Waals surface area contributed by atoms with Crippen LogP contribution in [0.3, 0.4) is 0 Å². The number of fused-ring (bicyclic) bond motifs is 1. The number of nitrogens with one attached hydrogen (secondary N) is 3. The van der Waals surface area contributed by atoms with Gasteiger partial charge in [-0.25, -0.2) is 14.6 Å². The van der Waals surface area contributed by atoms with Crippen LogP contribution in [0.4, 0.5) is 16.2 Å². The molecule has 0 unspecified atom stereocenters. The molecule has 2 heterocycles. The highest BCUT2D eigenvalue weighted by atomic mass is 35.5. The first-order chi connectivity index (χ1) is 29.6. The number of hydrogen-bond donors (Lipinski definition) is 3. The predicted octanol–water partition coefficient (Wildman–Crippen LogP) is 6.77. The Bertz CT molecular complexity index is 2400. The molecule has 1 aromatic heterocycles. The third-order valence-electron chi connectivity index (χ3n) is 9.58. The number of ether oxygens (including phenoxy) is 2. The highest BCUT2D eigenvalue weighted by Gasteiger charge is 2.33. The summed E-state index contributed by atoms with van der Waals surface area (Å²) in [6.45, 7) is 5.05. The minimum absolute atomic E-state index is 0.00505. The molecular weight excluding hydrogens is 842 g/mol. The van der Waals surface area contributed by atoms with E-state index in [4.69, 9.17) is 42.5 Å². The first-order valence-corrected chi connectivity index (χ1v) is 20.6. The third kappa shape index (κ3) is 13.3. The van der Waals surface area contributed by atoms with Crippen LogP contribution in [0.25, 0.3) is 11.0 Å². The number of halogens is 1. The molecule has 4 aromatic rings. The van der Waals surface area contributed by atoms with Crippen LogP contribution < -0.4 is 26.2 Å². The SMILES string of the molecule is COc1ccc(N=c2oc3ccc(Cl)cc3cc2C(=S)NC(=O)OCc2ccc(NC(=O)[C@H](C)CC(=O)[C@H](NC(=O)CCCCC(=O)ON3C(=O)CCC3=O)C(C)C)cc2)cc1. The highest BCUT2D eigenvalue weighted by Crippen LogP contribution is 2.22. The molecule has 62 heavy (non-hydrogen) atoms. The number of anilines is 1. The van der Waals surface area contributed by atoms with Crippen LogP contribution >= 0.6 is 23.8 Å². The summed E-state index contributed by atoms with van der Waals surface area (Å²) in [5.41, 5.74) is 2.61. The molecule has 1 aliphatic heterocycles. The molecule has 0 spiro atoms. The second kappa shape index (κ2) is 21.9. The monoisotopic (exact) mass is 887 g/mol. The Morgan fingerprint density at radius 2 is 1.58 bits per heavy atom. The highest BCUT2D eigenvalue weighted by molar-refractivity contribution is 7.80. The van der Waals surface area contributed by atoms with Crippen molar-refractivity contribution in [1.29, 1.82) is 0 Å². The van der Waals surface area contributed by atoms with Crippen molar-refractivity contribution in [1.82, 2.24) is 15.7 Å². The van der Waals surface area contributed by atoms with E-state index in [9.17, 15) is 33.6 Å². The van der Waals surface area contributed by atoms with Crippen molar-refractivity contribution in [2.24, 2.45) is 16.8 Å². The number of carbonyl (C=O) groups excluding carboxylic acids is 7. The summed E-state index contributed by atoms with van der Waals surface area (Å²) in [4.78, 5) is 96.5. The maximum absolute atomic E-state index is 13.2. The Labute approximate surface area is 367 Å². The second-order valence-electron chi connectivity index (χ2n) is 14.8. The minimum atomic E-state index is -0.834. The van der Waals surface area contributed by atoms with E-state index < -0.39 is 47.7 Å². The molecule has 16 nitrogen and oxygen atoms in total. The normalized spacial score (nSPS) is 13.7. The fourth-order valence-electron chi connectivity index (χ4n) is 6.16. The van der Waals surface area contributed by atoms with Crippen LogP contribution in [0.2, 0.25) is 5.02 Å². The summed E-state index contributed by atoms with van der Waals surface area (Å²) < 4.78 is 16.7. The van der Waals surface area contributed by atoms with Gasteiger partial charge in [-0.3, -0.25) is 29.3 Å². The molecule has 5 amide bonds. The van der Waals surface area contributed by atoms with Crippen molar-refractivity contribution in [2.45, 2.75) is 78.4 Å². The van der Waals surface area contributed by atoms with Crippen LogP contribution in [0.5, 0.6) is 5.75 Å². The van der Waals surface area contributed by atoms with Gasteiger partial charge in [0.15, 0.2) is 5.78 Å². The Morgan fingerprint density at radius 1 is 0.903 bits per heavy atom. The number of thiocarbonyl (C=S) groups is 1. The topological polar surface area (TPSA) is 212 Å². The Balaban J connectivity index is 1.07. The number of Topliss-reactive ketones (excluding diaryl/α,β-unsaturated/α-hetero) is 1. The zero-order valence-electron chi connectivity index (χ0n) is 34.5. The number of unbranched alkanes of at least 4 members (excludes halogenated alkanes) is 1. The fourth-order valence-corrected chi connectivity index (χ4v) is 6.57. The number of amides is 5. The molecule has 0 bridgehead atoms. The number of nitrogens with zero attached hydrogens (tertiary/aromatic N) is 2. The van der Waals surface area contributed by atoms with Gasteiger partial charge in [-0.1, -0.05) is 56.7 Å². The van der Waals surface area contributed by atoms with Gasteiger partial charge < -0.3 is 29.4 Å². The molecule has 3 N–H and O–H groups in total. The average Bonchev–Trinajstić information content (AvgIpc) is 3.56. The van der Waals surface area contributed by atoms with E-state index in [1.54, 1.807) is 101 Å². The molecule has 5 rings (SSSR count). The lowest BCUT2D eigenvalue weighted by Gasteiger charge is -2.23. The van der Waals surface area contributed by atoms with Gasteiger partial charge in [-0.05, 0) is 85.0 Å². The van der Waals surface area contributed by atoms with E-state index in [1.807, 2.05) is 0 Å². The van der Waals surface area contributed by atoms with Crippen molar-refractivity contribution in [3.05, 3.63) is 94.5 Å². The zero-order valence-corrected chi connectivity index (χ0v) is 36.1. The number of alkyl carbamates (subject to hydrolysis) is 1. The summed E-state index contributed by atoms with van der Waals surface area (Å²) in [6, 6.07) is 19.5. The van der Waals surface area contributed by atoms with E-state index in [0.717, 1.165) is 0 Å². The molecule has 326 valence electrons. The molecule has 18 heteroatoms. The van der Waals surface area contributed by atoms with E-state index >= 15 is 0 Å². The van der Waals surface area contributed by atoms with Crippen molar-refractivity contribution >= 4 is 92.6 Å². The molecule has 0 saturated carbocycles. The minimum Gasteiger partial charge on any atom is -0.497 e. The van der Waals surface area contributed by atoms with Gasteiger partial charge in [0.1, 0.15) is 22.9 Å². The lowest BCUT2D eigenvalue weighted by molar-refractivity contribution is -0.197. The number of benzene rings is 3. The van der Waals surface area contributed by atoms with E-state index in [0.29, 0.717) is 55.7 Å². The van der Waals surface area contributed by atoms with Crippen molar-refractivity contribution in [3.63, 3.8) is 0 Å². The van der Waals surface area contributed by atoms with Crippen LogP contribution in [-0.2, 0) is 44.9 Å². The lowest BCUT2D eigenvalue weighted by Crippen LogP contribution is -2.45. The number of hydroxylamine groups is 2. The van der Waals surface area contributed by atoms with Crippen LogP contribution in [0.15, 0.2) is 82.2 Å². The smallest absolute Gasteiger partial charge is 0.412 e. The van der Waals surface area contributed by atoms with E-state index in [2.05, 4.69) is 20.9 Å². The summed E-state index contributed by atoms with van der Waals surface area (Å²) >= 11 is 11.8. The second-order valence-corrected chi connectivity index (χ2v) is 15.6. The number of ketones is 1. The maximum atomic E-state index is 13.2. The fraction of sp³-hybridized carbons (Fsp3) is 0.341. The summed E-state index contributed by atoms with van der Waals surface area (Å²) in [5.74, 6) is -3.34. The number of imide groups is 1. The third-order valence-corrected chi connectivity index (χ3v) is 10.1. The van der Waals surface area contributed by atoms with E-state index in [-0.39, 0.29) is 67.4 Å². The molecule has 0 radical (unpaired) electrons. The molecular formula is C44H46ClN5O11S. The van der Waals surface area contributed by atoms with Crippen molar-refractivity contribution < 1.29 is 52.3 Å². The standard InChI is InChI=1S/C44H46ClN5O11S/c1-25(2)40(48-36(52)7-5-6-8-39(55)61-50-37(53)19-20-38(50)54)34(51)21-26(3)41(56)46-30-12-9-27(10-13-30)24-59-44(57)49-43(62)33-23-28-22-29(45)11-18-35(28)60-42(33)47-31-14-16-32(58-4)17-15-31/h9-18,22-23,25-26,40H,5-8,19-21,24H2,1-4H3,(H,46,56)(H,48,52)(H,49,57,62)/t26-,40-/m1/s1. The van der Waals surface area contributed by atoms with Crippen LogP contribution in [0.1, 0.15) is 76.8 Å². The summed E-state index contributed by atoms with van der Waals surface area (Å²) in [5, 5.41) is 9.68. The predicted molar refractivity (Wildman–Crippen MR) is 231 cm³/mol. The summed E-state index contributed by atoms with van der Waals surface area (Å²) in [7, 11) is 1.56. The molecule has 1 aliphatic rings. The maximum Gasteiger partial charge on any atom is 0.412 e. The van der Waals surface area contributed by atoms with Gasteiger partial charge in [0.2, 0.25) is 17.4 Å². The Hall–Kier alpha value is -6.46. The zero-order chi connectivity index (χ0) is 44.9. The molecule has 1 fully saturated rings. The van der Waals surface area contributed by atoms with Gasteiger partial charge in [0.05, 0.1) is 24.4 Å². The number of carbonyl (C=O) groups is 7. The molecule has 2 atom stereocenters. The quantitative estimate of drug-likeness (QED) is 0.0537. The number of rotatable bonds is 18. The number of methoxy groups -OCH3 is 1. The lowest BCUT2D eigenvalue weighted by atomic mass is 9.92. The van der Waals surface area contributed by atoms with Gasteiger partial charge in [0.25, 0.3) is 11.8 Å². The van der Waals surface area contributed by atoms with E-state index in [1.165, 1.54) is 0 Å². The Kier molecular flexibility index (Phi) is 16.4. The summed E-state index contributed by atoms with van der Waals surface area (Å²) in [6.07, 6.45) is -0.460. The molecule has 1 saturated heterocycles. The van der Waals surface area contributed by atoms with Crippen molar-refractivity contribution in [2.75, 3.05) is 12.4 Å². The first-order valence-electron chi connectivity index (χ1n) is 19.8. The van der Waals surface area contributed by atoms with Gasteiger partial charge >= 0.3 is 12.1 Å². The van der Waals surface area contributed by atoms with Gasteiger partial charge in [-0.2, -0.15) is 0 Å². The first kappa shape index (κ1) is 46.6.